The van der Waals surface area contributed by atoms with Crippen LogP contribution in [0.5, 0.6) is 0 Å². The van der Waals surface area contributed by atoms with Crippen LogP contribution in [0.25, 0.3) is 0 Å². The largest absolute Gasteiger partial charge is 0.347 e. The highest BCUT2D eigenvalue weighted by Crippen LogP contribution is 2.46. The maximum atomic E-state index is 11.5. The number of hydrogen-bond donors (Lipinski definition) is 1. The van der Waals surface area contributed by atoms with Crippen molar-refractivity contribution in [3.8, 4) is 0 Å². The molecule has 82 valence electrons. The minimum atomic E-state index is -0.0605. The third kappa shape index (κ3) is 2.89. The maximum absolute atomic E-state index is 11.5. The molecule has 0 aromatic rings. The smallest absolute Gasteiger partial charge is 0.238 e. The van der Waals surface area contributed by atoms with E-state index >= 15 is 0 Å². The van der Waals surface area contributed by atoms with Gasteiger partial charge in [0, 0.05) is 25.4 Å². The predicted octanol–water partition coefficient (Wildman–Crippen LogP) is 0.948. The molecule has 1 aliphatic carbocycles. The second kappa shape index (κ2) is 4.53. The summed E-state index contributed by atoms with van der Waals surface area (Å²) in [5, 5.41) is 3.31. The van der Waals surface area contributed by atoms with Gasteiger partial charge in [0.2, 0.25) is 5.91 Å². The molecular weight excluding hydrogens is 196 g/mol. The lowest BCUT2D eigenvalue weighted by molar-refractivity contribution is -0.130. The van der Waals surface area contributed by atoms with Crippen LogP contribution in [-0.4, -0.2) is 48.5 Å². The van der Waals surface area contributed by atoms with Crippen molar-refractivity contribution < 1.29 is 4.79 Å². The van der Waals surface area contributed by atoms with Crippen molar-refractivity contribution in [3.05, 3.63) is 0 Å². The van der Waals surface area contributed by atoms with E-state index in [1.54, 1.807) is 19.0 Å². The average Bonchev–Trinajstić information content (AvgIpc) is 2.93. The Morgan fingerprint density at radius 3 is 2.50 bits per heavy atom. The molecule has 3 nitrogen and oxygen atoms in total. The molecule has 1 aliphatic rings. The molecule has 0 aromatic carbocycles. The van der Waals surface area contributed by atoms with Crippen LogP contribution in [0.4, 0.5) is 0 Å². The van der Waals surface area contributed by atoms with Gasteiger partial charge >= 0.3 is 0 Å². The van der Waals surface area contributed by atoms with Crippen LogP contribution in [0.15, 0.2) is 0 Å². The van der Waals surface area contributed by atoms with E-state index in [4.69, 9.17) is 0 Å². The average molecular weight is 216 g/mol. The second-order valence-electron chi connectivity index (χ2n) is 4.22. The van der Waals surface area contributed by atoms with Gasteiger partial charge in [-0.2, -0.15) is 11.8 Å². The number of likely N-dealkylation sites (N-methyl/N-ethyl adjacent to an activating group) is 1. The maximum Gasteiger partial charge on any atom is 0.238 e. The van der Waals surface area contributed by atoms with Crippen molar-refractivity contribution in [1.29, 1.82) is 0 Å². The van der Waals surface area contributed by atoms with Crippen LogP contribution in [0.2, 0.25) is 0 Å². The van der Waals surface area contributed by atoms with E-state index in [1.165, 1.54) is 12.8 Å². The van der Waals surface area contributed by atoms with Crippen molar-refractivity contribution in [2.75, 3.05) is 26.9 Å². The van der Waals surface area contributed by atoms with E-state index in [0.717, 1.165) is 6.54 Å². The number of rotatable bonds is 5. The van der Waals surface area contributed by atoms with Crippen LogP contribution < -0.4 is 5.32 Å². The molecule has 0 aliphatic heterocycles. The molecule has 0 radical (unpaired) electrons. The van der Waals surface area contributed by atoms with Gasteiger partial charge in [-0.25, -0.2) is 0 Å². The van der Waals surface area contributed by atoms with Gasteiger partial charge in [0.1, 0.15) is 0 Å². The zero-order valence-corrected chi connectivity index (χ0v) is 10.3. The summed E-state index contributed by atoms with van der Waals surface area (Å²) in [6.07, 6.45) is 4.71. The normalized spacial score (nSPS) is 20.3. The summed E-state index contributed by atoms with van der Waals surface area (Å²) in [5.41, 5.74) is 0. The van der Waals surface area contributed by atoms with Gasteiger partial charge < -0.3 is 10.2 Å². The molecule has 0 bridgehead atoms. The zero-order chi connectivity index (χ0) is 10.8. The van der Waals surface area contributed by atoms with Gasteiger partial charge in [0.05, 0.1) is 6.04 Å². The van der Waals surface area contributed by atoms with Crippen LogP contribution in [-0.2, 0) is 4.79 Å². The molecule has 0 saturated heterocycles. The standard InChI is InChI=1S/C10H20N2OS/c1-8(9(13)12(2)3)11-7-10(14-4)5-6-10/h8,11H,5-7H2,1-4H3. The topological polar surface area (TPSA) is 32.3 Å². The monoisotopic (exact) mass is 216 g/mol. The van der Waals surface area contributed by atoms with Gasteiger partial charge in [-0.15, -0.1) is 0 Å². The van der Waals surface area contributed by atoms with Crippen molar-refractivity contribution in [3.63, 3.8) is 0 Å². The fourth-order valence-corrected chi connectivity index (χ4v) is 2.14. The summed E-state index contributed by atoms with van der Waals surface area (Å²) in [4.78, 5) is 13.2. The molecule has 1 unspecified atom stereocenters. The van der Waals surface area contributed by atoms with Crippen LogP contribution in [0.3, 0.4) is 0 Å². The van der Waals surface area contributed by atoms with Crippen LogP contribution in [0.1, 0.15) is 19.8 Å². The van der Waals surface area contributed by atoms with Gasteiger partial charge in [0.25, 0.3) is 0 Å². The van der Waals surface area contributed by atoms with E-state index in [0.29, 0.717) is 4.75 Å². The minimum Gasteiger partial charge on any atom is -0.347 e. The van der Waals surface area contributed by atoms with Gasteiger partial charge in [-0.3, -0.25) is 4.79 Å². The molecule has 1 saturated carbocycles. The highest BCUT2D eigenvalue weighted by atomic mass is 32.2. The van der Waals surface area contributed by atoms with Gasteiger partial charge in [-0.05, 0) is 26.0 Å². The Kier molecular flexibility index (Phi) is 3.84. The molecule has 1 atom stereocenters. The van der Waals surface area contributed by atoms with E-state index in [-0.39, 0.29) is 11.9 Å². The van der Waals surface area contributed by atoms with Crippen molar-refractivity contribution in [2.24, 2.45) is 0 Å². The molecule has 0 aromatic heterocycles. The SMILES string of the molecule is CSC1(CNC(C)C(=O)N(C)C)CC1. The Morgan fingerprint density at radius 1 is 1.57 bits per heavy atom. The molecule has 0 spiro atoms. The third-order valence-corrected chi connectivity index (χ3v) is 4.20. The molecule has 1 fully saturated rings. The highest BCUT2D eigenvalue weighted by Gasteiger charge is 2.41. The molecule has 1 amide bonds. The first-order valence-corrected chi connectivity index (χ1v) is 6.23. The fourth-order valence-electron chi connectivity index (χ4n) is 1.41. The number of nitrogens with one attached hydrogen (secondary N) is 1. The molecular formula is C10H20N2OS. The highest BCUT2D eigenvalue weighted by molar-refractivity contribution is 8.00. The number of amides is 1. The first-order valence-electron chi connectivity index (χ1n) is 5.00. The van der Waals surface area contributed by atoms with E-state index in [9.17, 15) is 4.79 Å². The summed E-state index contributed by atoms with van der Waals surface area (Å²) < 4.78 is 0.431. The molecule has 14 heavy (non-hydrogen) atoms. The van der Waals surface area contributed by atoms with Crippen molar-refractivity contribution in [2.45, 2.75) is 30.6 Å². The lowest BCUT2D eigenvalue weighted by Crippen LogP contribution is -2.44. The number of thioether (sulfide) groups is 1. The Hall–Kier alpha value is -0.220. The number of carbonyl (C=O) groups excluding carboxylic acids is 1. The second-order valence-corrected chi connectivity index (χ2v) is 5.50. The summed E-state index contributed by atoms with van der Waals surface area (Å²) in [6, 6.07) is -0.0605. The van der Waals surface area contributed by atoms with Crippen molar-refractivity contribution >= 4 is 17.7 Å². The molecule has 1 rings (SSSR count). The Balaban J connectivity index is 2.27. The number of nitrogens with zero attached hydrogens (tertiary/aromatic N) is 1. The van der Waals surface area contributed by atoms with Gasteiger partial charge in [-0.1, -0.05) is 0 Å². The van der Waals surface area contributed by atoms with Crippen LogP contribution in [0, 0.1) is 0 Å². The third-order valence-electron chi connectivity index (χ3n) is 2.78. The Morgan fingerprint density at radius 2 is 2.14 bits per heavy atom. The lowest BCUT2D eigenvalue weighted by Gasteiger charge is -2.20. The molecule has 4 heteroatoms. The van der Waals surface area contributed by atoms with Crippen molar-refractivity contribution in [1.82, 2.24) is 10.2 Å². The summed E-state index contributed by atoms with van der Waals surface area (Å²) >= 11 is 1.91. The number of carbonyl (C=O) groups is 1. The first kappa shape index (κ1) is 11.9. The zero-order valence-electron chi connectivity index (χ0n) is 9.46. The first-order chi connectivity index (χ1) is 6.51. The minimum absolute atomic E-state index is 0.0605. The summed E-state index contributed by atoms with van der Waals surface area (Å²) in [5.74, 6) is 0.155. The van der Waals surface area contributed by atoms with Crippen LogP contribution >= 0.6 is 11.8 Å². The summed E-state index contributed by atoms with van der Waals surface area (Å²) in [7, 11) is 3.59. The molecule has 0 heterocycles. The Labute approximate surface area is 90.6 Å². The summed E-state index contributed by atoms with van der Waals surface area (Å²) in [6.45, 7) is 2.88. The Bertz CT molecular complexity index is 214. The molecule has 1 N–H and O–H groups in total. The van der Waals surface area contributed by atoms with Gasteiger partial charge in [0.15, 0.2) is 0 Å². The lowest BCUT2D eigenvalue weighted by atomic mass is 10.3. The van der Waals surface area contributed by atoms with E-state index in [2.05, 4.69) is 11.6 Å². The van der Waals surface area contributed by atoms with E-state index in [1.807, 2.05) is 18.7 Å². The predicted molar refractivity (Wildman–Crippen MR) is 61.6 cm³/mol. The van der Waals surface area contributed by atoms with E-state index < -0.39 is 0 Å². The fraction of sp³-hybridized carbons (Fsp3) is 0.900. The quantitative estimate of drug-likeness (QED) is 0.742. The number of hydrogen-bond acceptors (Lipinski definition) is 3.